The van der Waals surface area contributed by atoms with Gasteiger partial charge in [0.15, 0.2) is 0 Å². The molecule has 3 nitrogen and oxygen atoms in total. The van der Waals surface area contributed by atoms with Crippen LogP contribution in [0.15, 0.2) is 22.7 Å². The Morgan fingerprint density at radius 2 is 2.00 bits per heavy atom. The SMILES string of the molecule is CC(=O)CCC(=O)Nc1ccc(Br)c(C)c1. The highest BCUT2D eigenvalue weighted by Gasteiger charge is 2.04. The van der Waals surface area contributed by atoms with Gasteiger partial charge in [-0.25, -0.2) is 0 Å². The number of halogens is 1. The van der Waals surface area contributed by atoms with Gasteiger partial charge in [0.05, 0.1) is 0 Å². The fraction of sp³-hybridized carbons (Fsp3) is 0.333. The van der Waals surface area contributed by atoms with Crippen LogP contribution < -0.4 is 5.32 Å². The highest BCUT2D eigenvalue weighted by molar-refractivity contribution is 9.10. The molecule has 1 rings (SSSR count). The minimum Gasteiger partial charge on any atom is -0.326 e. The second-order valence-corrected chi connectivity index (χ2v) is 4.57. The van der Waals surface area contributed by atoms with Gasteiger partial charge in [-0.15, -0.1) is 0 Å². The Balaban J connectivity index is 2.56. The van der Waals surface area contributed by atoms with Crippen LogP contribution in [0.4, 0.5) is 5.69 Å². The number of carbonyl (C=O) groups is 2. The van der Waals surface area contributed by atoms with Crippen LogP contribution >= 0.6 is 15.9 Å². The summed E-state index contributed by atoms with van der Waals surface area (Å²) in [5.41, 5.74) is 1.82. The standard InChI is InChI=1S/C12H14BrNO2/c1-8-7-10(4-5-11(8)13)14-12(16)6-3-9(2)15/h4-5,7H,3,6H2,1-2H3,(H,14,16). The van der Waals surface area contributed by atoms with Gasteiger partial charge in [0.1, 0.15) is 5.78 Å². The van der Waals surface area contributed by atoms with Crippen molar-refractivity contribution in [3.05, 3.63) is 28.2 Å². The molecule has 0 aromatic heterocycles. The molecule has 0 aliphatic heterocycles. The lowest BCUT2D eigenvalue weighted by Gasteiger charge is -2.06. The van der Waals surface area contributed by atoms with E-state index in [9.17, 15) is 9.59 Å². The third kappa shape index (κ3) is 4.14. The van der Waals surface area contributed by atoms with Crippen LogP contribution in [-0.4, -0.2) is 11.7 Å². The van der Waals surface area contributed by atoms with Crippen molar-refractivity contribution in [2.24, 2.45) is 0 Å². The quantitative estimate of drug-likeness (QED) is 0.923. The van der Waals surface area contributed by atoms with Crippen LogP contribution in [0.2, 0.25) is 0 Å². The molecule has 0 fully saturated rings. The number of Topliss-reactive ketones (excluding diaryl/α,β-unsaturated/α-hetero) is 1. The first kappa shape index (κ1) is 12.9. The predicted octanol–water partition coefficient (Wildman–Crippen LogP) is 3.07. The largest absolute Gasteiger partial charge is 0.326 e. The molecule has 1 N–H and O–H groups in total. The van der Waals surface area contributed by atoms with E-state index in [1.807, 2.05) is 25.1 Å². The van der Waals surface area contributed by atoms with Gasteiger partial charge < -0.3 is 10.1 Å². The number of ketones is 1. The topological polar surface area (TPSA) is 46.2 Å². The lowest BCUT2D eigenvalue weighted by atomic mass is 10.2. The van der Waals surface area contributed by atoms with Crippen LogP contribution in [0.1, 0.15) is 25.3 Å². The Labute approximate surface area is 103 Å². The van der Waals surface area contributed by atoms with Crippen molar-refractivity contribution >= 4 is 33.3 Å². The van der Waals surface area contributed by atoms with Crippen LogP contribution in [0, 0.1) is 6.92 Å². The molecule has 0 atom stereocenters. The number of amides is 1. The van der Waals surface area contributed by atoms with Gasteiger partial charge in [-0.2, -0.15) is 0 Å². The molecule has 0 heterocycles. The van der Waals surface area contributed by atoms with E-state index < -0.39 is 0 Å². The second kappa shape index (κ2) is 5.80. The maximum absolute atomic E-state index is 11.4. The van der Waals surface area contributed by atoms with E-state index in [4.69, 9.17) is 0 Å². The third-order valence-electron chi connectivity index (χ3n) is 2.15. The van der Waals surface area contributed by atoms with Gasteiger partial charge in [0, 0.05) is 23.0 Å². The van der Waals surface area contributed by atoms with Crippen LogP contribution in [-0.2, 0) is 9.59 Å². The Morgan fingerprint density at radius 3 is 2.56 bits per heavy atom. The molecule has 0 aliphatic carbocycles. The molecule has 0 saturated carbocycles. The van der Waals surface area contributed by atoms with E-state index in [-0.39, 0.29) is 18.1 Å². The zero-order valence-corrected chi connectivity index (χ0v) is 10.9. The normalized spacial score (nSPS) is 9.94. The lowest BCUT2D eigenvalue weighted by molar-refractivity contribution is -0.121. The van der Waals surface area contributed by atoms with Gasteiger partial charge in [-0.1, -0.05) is 15.9 Å². The van der Waals surface area contributed by atoms with E-state index in [2.05, 4.69) is 21.2 Å². The van der Waals surface area contributed by atoms with Crippen molar-refractivity contribution in [3.63, 3.8) is 0 Å². The summed E-state index contributed by atoms with van der Waals surface area (Å²) in [5, 5.41) is 2.75. The molecular weight excluding hydrogens is 270 g/mol. The van der Waals surface area contributed by atoms with Gasteiger partial charge in [-0.3, -0.25) is 4.79 Å². The highest BCUT2D eigenvalue weighted by atomic mass is 79.9. The van der Waals surface area contributed by atoms with Crippen LogP contribution in [0.3, 0.4) is 0 Å². The molecule has 0 bridgehead atoms. The van der Waals surface area contributed by atoms with Crippen molar-refractivity contribution in [3.8, 4) is 0 Å². The minimum atomic E-state index is -0.128. The molecule has 1 aromatic rings. The van der Waals surface area contributed by atoms with Crippen LogP contribution in [0.5, 0.6) is 0 Å². The number of anilines is 1. The molecule has 0 aliphatic rings. The number of hydrogen-bond donors (Lipinski definition) is 1. The average Bonchev–Trinajstić information content (AvgIpc) is 2.21. The molecule has 0 spiro atoms. The summed E-state index contributed by atoms with van der Waals surface area (Å²) in [7, 11) is 0. The van der Waals surface area contributed by atoms with Crippen molar-refractivity contribution in [2.45, 2.75) is 26.7 Å². The zero-order chi connectivity index (χ0) is 12.1. The molecule has 0 unspecified atom stereocenters. The first-order chi connectivity index (χ1) is 7.49. The van der Waals surface area contributed by atoms with E-state index in [0.29, 0.717) is 6.42 Å². The first-order valence-electron chi connectivity index (χ1n) is 5.04. The van der Waals surface area contributed by atoms with Crippen molar-refractivity contribution in [1.29, 1.82) is 0 Å². The van der Waals surface area contributed by atoms with E-state index in [1.165, 1.54) is 6.92 Å². The number of nitrogens with one attached hydrogen (secondary N) is 1. The minimum absolute atomic E-state index is 0.0298. The molecule has 86 valence electrons. The van der Waals surface area contributed by atoms with E-state index in [0.717, 1.165) is 15.7 Å². The zero-order valence-electron chi connectivity index (χ0n) is 9.34. The average molecular weight is 284 g/mol. The van der Waals surface area contributed by atoms with Crippen molar-refractivity contribution in [1.82, 2.24) is 0 Å². The van der Waals surface area contributed by atoms with Gasteiger partial charge in [0.25, 0.3) is 0 Å². The molecule has 1 amide bonds. The monoisotopic (exact) mass is 283 g/mol. The smallest absolute Gasteiger partial charge is 0.224 e. The first-order valence-corrected chi connectivity index (χ1v) is 5.84. The van der Waals surface area contributed by atoms with E-state index in [1.54, 1.807) is 0 Å². The number of hydrogen-bond acceptors (Lipinski definition) is 2. The molecule has 4 heteroatoms. The predicted molar refractivity (Wildman–Crippen MR) is 67.4 cm³/mol. The Bertz CT molecular complexity index is 415. The Morgan fingerprint density at radius 1 is 1.31 bits per heavy atom. The van der Waals surface area contributed by atoms with E-state index >= 15 is 0 Å². The van der Waals surface area contributed by atoms with Gasteiger partial charge >= 0.3 is 0 Å². The maximum Gasteiger partial charge on any atom is 0.224 e. The number of benzene rings is 1. The summed E-state index contributed by atoms with van der Waals surface area (Å²) < 4.78 is 1.01. The third-order valence-corrected chi connectivity index (χ3v) is 3.04. The Kier molecular flexibility index (Phi) is 4.68. The number of rotatable bonds is 4. The summed E-state index contributed by atoms with van der Waals surface area (Å²) in [6.45, 7) is 3.44. The molecule has 0 saturated heterocycles. The lowest BCUT2D eigenvalue weighted by Crippen LogP contribution is -2.12. The molecule has 1 aromatic carbocycles. The number of aryl methyl sites for hydroxylation is 1. The van der Waals surface area contributed by atoms with Crippen LogP contribution in [0.25, 0.3) is 0 Å². The highest BCUT2D eigenvalue weighted by Crippen LogP contribution is 2.20. The summed E-state index contributed by atoms with van der Waals surface area (Å²) in [6, 6.07) is 5.59. The summed E-state index contributed by atoms with van der Waals surface area (Å²) in [4.78, 5) is 22.2. The second-order valence-electron chi connectivity index (χ2n) is 3.71. The van der Waals surface area contributed by atoms with Crippen molar-refractivity contribution in [2.75, 3.05) is 5.32 Å². The summed E-state index contributed by atoms with van der Waals surface area (Å²) in [5.74, 6) is -0.0981. The summed E-state index contributed by atoms with van der Waals surface area (Å²) >= 11 is 3.39. The van der Waals surface area contributed by atoms with Gasteiger partial charge in [0.2, 0.25) is 5.91 Å². The fourth-order valence-corrected chi connectivity index (χ4v) is 1.48. The maximum atomic E-state index is 11.4. The summed E-state index contributed by atoms with van der Waals surface area (Å²) in [6.07, 6.45) is 0.534. The molecule has 16 heavy (non-hydrogen) atoms. The number of carbonyl (C=O) groups excluding carboxylic acids is 2. The fourth-order valence-electron chi connectivity index (χ4n) is 1.24. The molecule has 0 radical (unpaired) electrons. The molecular formula is C12H14BrNO2. The Hall–Kier alpha value is -1.16. The van der Waals surface area contributed by atoms with Gasteiger partial charge in [-0.05, 0) is 37.6 Å². The van der Waals surface area contributed by atoms with Crippen molar-refractivity contribution < 1.29 is 9.59 Å².